The molecule has 0 aromatic heterocycles. The SMILES string of the molecule is COc1cc(CC(=O)NC(C)C2=CC=CN(CC(C)CC(=O)O)C=C2)ccc1NC(=O)Nc1ccccc1C. The fourth-order valence-electron chi connectivity index (χ4n) is 4.18. The lowest BCUT2D eigenvalue weighted by atomic mass is 10.1. The zero-order valence-corrected chi connectivity index (χ0v) is 22.7. The molecule has 2 atom stereocenters. The van der Waals surface area contributed by atoms with Gasteiger partial charge in [0.15, 0.2) is 0 Å². The second-order valence-electron chi connectivity index (χ2n) is 9.62. The molecule has 0 spiro atoms. The van der Waals surface area contributed by atoms with Gasteiger partial charge in [-0.05, 0) is 66.8 Å². The summed E-state index contributed by atoms with van der Waals surface area (Å²) in [5, 5.41) is 17.6. The van der Waals surface area contributed by atoms with Crippen molar-refractivity contribution in [1.29, 1.82) is 0 Å². The van der Waals surface area contributed by atoms with E-state index in [-0.39, 0.29) is 30.7 Å². The van der Waals surface area contributed by atoms with Gasteiger partial charge in [0.1, 0.15) is 5.75 Å². The standard InChI is InChI=1S/C30H36N4O5/c1-20(16-29(36)37)19-34-14-7-9-24(13-15-34)22(3)31-28(35)18-23-11-12-26(27(17-23)39-4)33-30(38)32-25-10-6-5-8-21(25)2/h5-15,17,20,22H,16,18-19H2,1-4H3,(H,31,35)(H,36,37)(H2,32,33,38). The highest BCUT2D eigenvalue weighted by Crippen LogP contribution is 2.26. The maximum atomic E-state index is 12.8. The minimum atomic E-state index is -0.812. The van der Waals surface area contributed by atoms with Crippen molar-refractivity contribution in [2.75, 3.05) is 24.3 Å². The molecule has 0 fully saturated rings. The number of allylic oxidation sites excluding steroid dienone is 2. The summed E-state index contributed by atoms with van der Waals surface area (Å²) in [4.78, 5) is 38.2. The number of hydrogen-bond donors (Lipinski definition) is 4. The van der Waals surface area contributed by atoms with Crippen LogP contribution in [0.4, 0.5) is 16.2 Å². The molecule has 0 aliphatic carbocycles. The van der Waals surface area contributed by atoms with Gasteiger partial charge in [-0.25, -0.2) is 4.79 Å². The number of nitrogens with one attached hydrogen (secondary N) is 3. The van der Waals surface area contributed by atoms with E-state index in [1.54, 1.807) is 18.2 Å². The van der Waals surface area contributed by atoms with Gasteiger partial charge in [-0.1, -0.05) is 37.3 Å². The number of anilines is 2. The van der Waals surface area contributed by atoms with Gasteiger partial charge in [-0.2, -0.15) is 0 Å². The van der Waals surface area contributed by atoms with Crippen LogP contribution < -0.4 is 20.7 Å². The van der Waals surface area contributed by atoms with Crippen LogP contribution >= 0.6 is 0 Å². The van der Waals surface area contributed by atoms with Crippen molar-refractivity contribution in [1.82, 2.24) is 10.2 Å². The molecule has 0 bridgehead atoms. The maximum absolute atomic E-state index is 12.8. The number of methoxy groups -OCH3 is 1. The monoisotopic (exact) mass is 532 g/mol. The number of carbonyl (C=O) groups excluding carboxylic acids is 2. The lowest BCUT2D eigenvalue weighted by molar-refractivity contribution is -0.138. The topological polar surface area (TPSA) is 120 Å². The molecule has 3 rings (SSSR count). The van der Waals surface area contributed by atoms with Gasteiger partial charge in [0.25, 0.3) is 0 Å². The van der Waals surface area contributed by atoms with Crippen molar-refractivity contribution in [2.24, 2.45) is 5.92 Å². The number of aliphatic carboxylic acids is 1. The minimum Gasteiger partial charge on any atom is -0.495 e. The smallest absolute Gasteiger partial charge is 0.323 e. The van der Waals surface area contributed by atoms with E-state index in [2.05, 4.69) is 16.0 Å². The Kier molecular flexibility index (Phi) is 10.3. The molecule has 1 aliphatic rings. The fraction of sp³-hybridized carbons (Fsp3) is 0.300. The molecule has 9 heteroatoms. The summed E-state index contributed by atoms with van der Waals surface area (Å²) in [6, 6.07) is 12.1. The number of para-hydroxylation sites is 1. The van der Waals surface area contributed by atoms with Gasteiger partial charge in [0, 0.05) is 31.1 Å². The summed E-state index contributed by atoms with van der Waals surface area (Å²) in [5.41, 5.74) is 3.81. The summed E-state index contributed by atoms with van der Waals surface area (Å²) in [6.45, 7) is 6.30. The van der Waals surface area contributed by atoms with E-state index >= 15 is 0 Å². The summed E-state index contributed by atoms with van der Waals surface area (Å²) in [6.07, 6.45) is 9.76. The molecule has 3 amide bonds. The van der Waals surface area contributed by atoms with E-state index < -0.39 is 12.0 Å². The third-order valence-corrected chi connectivity index (χ3v) is 6.22. The predicted molar refractivity (Wildman–Crippen MR) is 153 cm³/mol. The summed E-state index contributed by atoms with van der Waals surface area (Å²) in [7, 11) is 1.51. The van der Waals surface area contributed by atoms with Crippen LogP contribution in [0.5, 0.6) is 5.75 Å². The molecule has 206 valence electrons. The number of hydrogen-bond acceptors (Lipinski definition) is 5. The first-order valence-corrected chi connectivity index (χ1v) is 12.8. The number of benzene rings is 2. The minimum absolute atomic E-state index is 0.00324. The van der Waals surface area contributed by atoms with Crippen LogP contribution in [0.25, 0.3) is 0 Å². The average molecular weight is 533 g/mol. The second kappa shape index (κ2) is 13.9. The molecule has 1 heterocycles. The van der Waals surface area contributed by atoms with Crippen molar-refractivity contribution in [3.05, 3.63) is 89.8 Å². The van der Waals surface area contributed by atoms with Crippen LogP contribution in [0, 0.1) is 12.8 Å². The number of urea groups is 1. The third-order valence-electron chi connectivity index (χ3n) is 6.22. The number of carboxylic acid groups (broad SMARTS) is 1. The van der Waals surface area contributed by atoms with Gasteiger partial charge in [0.2, 0.25) is 5.91 Å². The van der Waals surface area contributed by atoms with Crippen LogP contribution in [0.15, 0.2) is 78.7 Å². The largest absolute Gasteiger partial charge is 0.495 e. The molecule has 2 aromatic rings. The fourth-order valence-corrected chi connectivity index (χ4v) is 4.18. The van der Waals surface area contributed by atoms with E-state index in [1.165, 1.54) is 7.11 Å². The third kappa shape index (κ3) is 9.07. The Morgan fingerprint density at radius 3 is 2.49 bits per heavy atom. The van der Waals surface area contributed by atoms with Crippen molar-refractivity contribution in [2.45, 2.75) is 39.7 Å². The van der Waals surface area contributed by atoms with Crippen molar-refractivity contribution in [3.63, 3.8) is 0 Å². The molecule has 2 aromatic carbocycles. The molecule has 1 aliphatic heterocycles. The van der Waals surface area contributed by atoms with E-state index in [1.807, 2.05) is 80.6 Å². The quantitative estimate of drug-likeness (QED) is 0.321. The van der Waals surface area contributed by atoms with E-state index in [4.69, 9.17) is 9.84 Å². The highest BCUT2D eigenvalue weighted by atomic mass is 16.5. The van der Waals surface area contributed by atoms with Crippen LogP contribution in [0.3, 0.4) is 0 Å². The van der Waals surface area contributed by atoms with Crippen LogP contribution in [-0.4, -0.2) is 47.6 Å². The van der Waals surface area contributed by atoms with Crippen LogP contribution in [0.2, 0.25) is 0 Å². The number of nitrogens with zero attached hydrogens (tertiary/aromatic N) is 1. The number of ether oxygens (including phenoxy) is 1. The number of carboxylic acids is 1. The summed E-state index contributed by atoms with van der Waals surface area (Å²) >= 11 is 0. The van der Waals surface area contributed by atoms with Gasteiger partial charge < -0.3 is 30.7 Å². The van der Waals surface area contributed by atoms with Crippen LogP contribution in [-0.2, 0) is 16.0 Å². The van der Waals surface area contributed by atoms with Gasteiger partial charge >= 0.3 is 12.0 Å². The molecule has 39 heavy (non-hydrogen) atoms. The Morgan fingerprint density at radius 2 is 1.77 bits per heavy atom. The number of rotatable bonds is 11. The second-order valence-corrected chi connectivity index (χ2v) is 9.62. The molecule has 0 saturated carbocycles. The number of amides is 3. The average Bonchev–Trinajstić information content (AvgIpc) is 3.11. The van der Waals surface area contributed by atoms with Crippen LogP contribution in [0.1, 0.15) is 31.4 Å². The van der Waals surface area contributed by atoms with Gasteiger partial charge in [-0.3, -0.25) is 9.59 Å². The Hall–Kier alpha value is -4.53. The molecule has 9 nitrogen and oxygen atoms in total. The maximum Gasteiger partial charge on any atom is 0.323 e. The zero-order valence-electron chi connectivity index (χ0n) is 22.7. The summed E-state index contributed by atoms with van der Waals surface area (Å²) < 4.78 is 5.45. The van der Waals surface area contributed by atoms with Crippen molar-refractivity contribution < 1.29 is 24.2 Å². The first-order chi connectivity index (χ1) is 18.6. The summed E-state index contributed by atoms with van der Waals surface area (Å²) in [5.74, 6) is -0.522. The highest BCUT2D eigenvalue weighted by Gasteiger charge is 2.15. The molecule has 2 unspecified atom stereocenters. The highest BCUT2D eigenvalue weighted by molar-refractivity contribution is 6.01. The van der Waals surface area contributed by atoms with E-state index in [0.29, 0.717) is 23.7 Å². The Balaban J connectivity index is 1.55. The first kappa shape index (κ1) is 29.0. The first-order valence-electron chi connectivity index (χ1n) is 12.8. The van der Waals surface area contributed by atoms with Crippen molar-refractivity contribution in [3.8, 4) is 5.75 Å². The number of aryl methyl sites for hydroxylation is 1. The molecule has 4 N–H and O–H groups in total. The predicted octanol–water partition coefficient (Wildman–Crippen LogP) is 5.08. The molecule has 0 radical (unpaired) electrons. The molecular formula is C30H36N4O5. The van der Waals surface area contributed by atoms with Crippen molar-refractivity contribution >= 4 is 29.3 Å². The normalized spacial score (nSPS) is 14.1. The van der Waals surface area contributed by atoms with E-state index in [9.17, 15) is 14.4 Å². The lowest BCUT2D eigenvalue weighted by Gasteiger charge is -2.19. The Labute approximate surface area is 229 Å². The number of carbonyl (C=O) groups is 3. The van der Waals surface area contributed by atoms with Gasteiger partial charge in [-0.15, -0.1) is 0 Å². The lowest BCUT2D eigenvalue weighted by Crippen LogP contribution is -2.34. The van der Waals surface area contributed by atoms with E-state index in [0.717, 1.165) is 16.7 Å². The zero-order chi connectivity index (χ0) is 28.4. The Bertz CT molecular complexity index is 1280. The Morgan fingerprint density at radius 1 is 1.03 bits per heavy atom. The van der Waals surface area contributed by atoms with Gasteiger partial charge in [0.05, 0.1) is 25.3 Å². The molecule has 0 saturated heterocycles. The molecular weight excluding hydrogens is 496 g/mol.